The molecule has 0 bridgehead atoms. The second kappa shape index (κ2) is 9.23. The van der Waals surface area contributed by atoms with Crippen molar-refractivity contribution in [2.75, 3.05) is 18.5 Å². The predicted molar refractivity (Wildman–Crippen MR) is 132 cm³/mol. The maximum Gasteiger partial charge on any atom is 0.267 e. The first-order valence-corrected chi connectivity index (χ1v) is 11.3. The fourth-order valence-corrected chi connectivity index (χ4v) is 4.98. The zero-order valence-electron chi connectivity index (χ0n) is 17.6. The average Bonchev–Trinajstić information content (AvgIpc) is 3.08. The van der Waals surface area contributed by atoms with Crippen LogP contribution in [0.5, 0.6) is 0 Å². The monoisotopic (exact) mass is 466 g/mol. The Hall–Kier alpha value is -3.01. The minimum Gasteiger partial charge on any atom is -0.395 e. The van der Waals surface area contributed by atoms with Crippen LogP contribution in [0.2, 0.25) is 0 Å². The zero-order chi connectivity index (χ0) is 22.8. The van der Waals surface area contributed by atoms with E-state index in [1.165, 1.54) is 16.2 Å². The van der Waals surface area contributed by atoms with Crippen molar-refractivity contribution in [2.24, 2.45) is 0 Å². The Balaban J connectivity index is 1.78. The average molecular weight is 467 g/mol. The highest BCUT2D eigenvalue weighted by atomic mass is 32.2. The molecule has 1 aliphatic heterocycles. The molecule has 1 aliphatic rings. The molecule has 32 heavy (non-hydrogen) atoms. The van der Waals surface area contributed by atoms with E-state index in [9.17, 15) is 14.7 Å². The molecule has 1 unspecified atom stereocenters. The third-order valence-corrected chi connectivity index (χ3v) is 6.59. The standard InChI is InChI=1S/C23H22N4O3S2/c1-14-7-6-11-26-20(14)25-19(24-10-12-28)17(21(26)29)13-18-22(30)27(23(31)32-18)15(2)16-8-4-3-5-9-16/h3-9,11,13,15,24,28H,10,12H2,1-2H3/b18-13-. The van der Waals surface area contributed by atoms with Gasteiger partial charge in [-0.2, -0.15) is 0 Å². The number of fused-ring (bicyclic) bond motifs is 1. The number of hydrogen-bond acceptors (Lipinski definition) is 7. The summed E-state index contributed by atoms with van der Waals surface area (Å²) < 4.78 is 1.89. The highest BCUT2D eigenvalue weighted by Gasteiger charge is 2.36. The number of pyridine rings is 1. The molecule has 0 aliphatic carbocycles. The maximum atomic E-state index is 13.3. The number of hydrogen-bond donors (Lipinski definition) is 2. The molecule has 9 heteroatoms. The second-order valence-electron chi connectivity index (χ2n) is 7.35. The molecule has 3 aromatic rings. The number of nitrogens with zero attached hydrogens (tertiary/aromatic N) is 3. The number of amides is 1. The smallest absolute Gasteiger partial charge is 0.267 e. The summed E-state index contributed by atoms with van der Waals surface area (Å²) in [6.07, 6.45) is 3.19. The summed E-state index contributed by atoms with van der Waals surface area (Å²) in [5.41, 5.74) is 2.26. The van der Waals surface area contributed by atoms with E-state index in [-0.39, 0.29) is 36.2 Å². The third-order valence-electron chi connectivity index (χ3n) is 5.26. The van der Waals surface area contributed by atoms with Crippen molar-refractivity contribution in [3.63, 3.8) is 0 Å². The Morgan fingerprint density at radius 2 is 1.97 bits per heavy atom. The molecule has 1 saturated heterocycles. The van der Waals surface area contributed by atoms with Crippen molar-refractivity contribution in [1.82, 2.24) is 14.3 Å². The molecule has 2 aromatic heterocycles. The molecule has 1 amide bonds. The topological polar surface area (TPSA) is 86.9 Å². The van der Waals surface area contributed by atoms with Gasteiger partial charge < -0.3 is 10.4 Å². The van der Waals surface area contributed by atoms with E-state index < -0.39 is 0 Å². The van der Waals surface area contributed by atoms with Crippen molar-refractivity contribution in [3.8, 4) is 0 Å². The van der Waals surface area contributed by atoms with Crippen LogP contribution in [0.3, 0.4) is 0 Å². The molecule has 1 aromatic carbocycles. The van der Waals surface area contributed by atoms with Gasteiger partial charge in [-0.05, 0) is 37.1 Å². The Kier molecular flexibility index (Phi) is 6.40. The van der Waals surface area contributed by atoms with Crippen LogP contribution in [-0.2, 0) is 4.79 Å². The number of rotatable bonds is 6. The van der Waals surface area contributed by atoms with E-state index in [1.807, 2.05) is 50.2 Å². The molecule has 164 valence electrons. The largest absolute Gasteiger partial charge is 0.395 e. The Bertz CT molecular complexity index is 1290. The molecule has 3 heterocycles. The number of thioether (sulfide) groups is 1. The van der Waals surface area contributed by atoms with Gasteiger partial charge in [-0.15, -0.1) is 0 Å². The van der Waals surface area contributed by atoms with Gasteiger partial charge in [0.15, 0.2) is 0 Å². The highest BCUT2D eigenvalue weighted by molar-refractivity contribution is 8.26. The van der Waals surface area contributed by atoms with Crippen LogP contribution in [0.25, 0.3) is 11.7 Å². The van der Waals surface area contributed by atoms with Crippen LogP contribution < -0.4 is 10.9 Å². The summed E-state index contributed by atoms with van der Waals surface area (Å²) in [6, 6.07) is 13.1. The minimum atomic E-state index is -0.305. The maximum absolute atomic E-state index is 13.3. The summed E-state index contributed by atoms with van der Waals surface area (Å²) in [7, 11) is 0. The molecule has 4 rings (SSSR count). The number of aliphatic hydroxyl groups is 1. The van der Waals surface area contributed by atoms with Crippen molar-refractivity contribution >= 4 is 51.7 Å². The Morgan fingerprint density at radius 3 is 2.69 bits per heavy atom. The van der Waals surface area contributed by atoms with Crippen molar-refractivity contribution in [2.45, 2.75) is 19.9 Å². The Labute approximate surface area is 194 Å². The molecule has 0 radical (unpaired) electrons. The number of aromatic nitrogens is 2. The van der Waals surface area contributed by atoms with Gasteiger partial charge in [0.1, 0.15) is 15.8 Å². The van der Waals surface area contributed by atoms with Gasteiger partial charge >= 0.3 is 0 Å². The third kappa shape index (κ3) is 4.06. The lowest BCUT2D eigenvalue weighted by atomic mass is 10.1. The van der Waals surface area contributed by atoms with Crippen molar-refractivity contribution < 1.29 is 9.90 Å². The molecule has 7 nitrogen and oxygen atoms in total. The first-order chi connectivity index (χ1) is 15.4. The number of aliphatic hydroxyl groups excluding tert-OH is 1. The van der Waals surface area contributed by atoms with Crippen LogP contribution in [0, 0.1) is 6.92 Å². The van der Waals surface area contributed by atoms with Gasteiger partial charge in [0, 0.05) is 12.7 Å². The number of anilines is 1. The summed E-state index contributed by atoms with van der Waals surface area (Å²) in [5, 5.41) is 12.2. The molecule has 1 fully saturated rings. The molecule has 2 N–H and O–H groups in total. The second-order valence-corrected chi connectivity index (χ2v) is 9.03. The quantitative estimate of drug-likeness (QED) is 0.425. The molecular formula is C23H22N4O3S2. The van der Waals surface area contributed by atoms with E-state index in [2.05, 4.69) is 10.3 Å². The SMILES string of the molecule is Cc1cccn2c(=O)c(/C=C3\SC(=S)N(C(C)c4ccccc4)C3=O)c(NCCO)nc12. The molecular weight excluding hydrogens is 444 g/mol. The van der Waals surface area contributed by atoms with E-state index in [0.29, 0.717) is 20.7 Å². The highest BCUT2D eigenvalue weighted by Crippen LogP contribution is 2.38. The van der Waals surface area contributed by atoms with E-state index in [0.717, 1.165) is 11.1 Å². The fourth-order valence-electron chi connectivity index (χ4n) is 3.58. The van der Waals surface area contributed by atoms with Gasteiger partial charge in [-0.25, -0.2) is 4.98 Å². The predicted octanol–water partition coefficient (Wildman–Crippen LogP) is 3.37. The summed E-state index contributed by atoms with van der Waals surface area (Å²) in [4.78, 5) is 33.1. The van der Waals surface area contributed by atoms with Gasteiger partial charge in [-0.3, -0.25) is 18.9 Å². The summed E-state index contributed by atoms with van der Waals surface area (Å²) >= 11 is 6.66. The molecule has 0 spiro atoms. The molecule has 0 saturated carbocycles. The zero-order valence-corrected chi connectivity index (χ0v) is 19.2. The van der Waals surface area contributed by atoms with Gasteiger partial charge in [-0.1, -0.05) is 60.4 Å². The van der Waals surface area contributed by atoms with Crippen LogP contribution in [0.4, 0.5) is 5.82 Å². The number of carbonyl (C=O) groups excluding carboxylic acids is 1. The van der Waals surface area contributed by atoms with E-state index >= 15 is 0 Å². The van der Waals surface area contributed by atoms with Gasteiger partial charge in [0.2, 0.25) is 0 Å². The van der Waals surface area contributed by atoms with Crippen LogP contribution >= 0.6 is 24.0 Å². The fraction of sp³-hybridized carbons (Fsp3) is 0.217. The van der Waals surface area contributed by atoms with Crippen LogP contribution in [0.15, 0.2) is 58.4 Å². The number of nitrogens with one attached hydrogen (secondary N) is 1. The number of aryl methyl sites for hydroxylation is 1. The Morgan fingerprint density at radius 1 is 1.22 bits per heavy atom. The summed E-state index contributed by atoms with van der Waals surface area (Å²) in [5.74, 6) is 0.0675. The van der Waals surface area contributed by atoms with Gasteiger partial charge in [0.25, 0.3) is 11.5 Å². The number of carbonyl (C=O) groups is 1. The number of thiocarbonyl (C=S) groups is 1. The van der Waals surface area contributed by atoms with E-state index in [1.54, 1.807) is 23.2 Å². The minimum absolute atomic E-state index is 0.120. The van der Waals surface area contributed by atoms with Gasteiger partial charge in [0.05, 0.1) is 23.1 Å². The lowest BCUT2D eigenvalue weighted by Gasteiger charge is -2.23. The van der Waals surface area contributed by atoms with E-state index in [4.69, 9.17) is 12.2 Å². The molecule has 1 atom stereocenters. The lowest BCUT2D eigenvalue weighted by molar-refractivity contribution is -0.123. The van der Waals surface area contributed by atoms with Crippen LogP contribution in [0.1, 0.15) is 29.7 Å². The first kappa shape index (κ1) is 22.2. The van der Waals surface area contributed by atoms with Crippen LogP contribution in [-0.4, -0.2) is 42.8 Å². The lowest BCUT2D eigenvalue weighted by Crippen LogP contribution is -2.31. The normalized spacial score (nSPS) is 16.2. The summed E-state index contributed by atoms with van der Waals surface area (Å²) in [6.45, 7) is 3.90. The van der Waals surface area contributed by atoms with Crippen molar-refractivity contribution in [1.29, 1.82) is 0 Å². The number of benzene rings is 1. The van der Waals surface area contributed by atoms with Crippen molar-refractivity contribution in [3.05, 3.63) is 80.6 Å². The first-order valence-electron chi connectivity index (χ1n) is 10.1.